The van der Waals surface area contributed by atoms with Crippen molar-refractivity contribution in [3.05, 3.63) is 11.7 Å². The predicted molar refractivity (Wildman–Crippen MR) is 82.2 cm³/mol. The Hall–Kier alpha value is -0.940. The lowest BCUT2D eigenvalue weighted by Crippen LogP contribution is -2.31. The summed E-state index contributed by atoms with van der Waals surface area (Å²) in [5, 5.41) is 7.78. The van der Waals surface area contributed by atoms with E-state index in [0.717, 1.165) is 43.9 Å². The van der Waals surface area contributed by atoms with Gasteiger partial charge in [-0.05, 0) is 39.2 Å². The third-order valence-electron chi connectivity index (χ3n) is 4.15. The maximum absolute atomic E-state index is 5.74. The second kappa shape index (κ2) is 8.49. The fourth-order valence-electron chi connectivity index (χ4n) is 3.11. The van der Waals surface area contributed by atoms with E-state index in [2.05, 4.69) is 29.3 Å². The van der Waals surface area contributed by atoms with Gasteiger partial charge in [-0.3, -0.25) is 0 Å². The average Bonchev–Trinajstić information content (AvgIpc) is 3.13. The first kappa shape index (κ1) is 16.4. The van der Waals surface area contributed by atoms with Gasteiger partial charge < -0.3 is 14.6 Å². The summed E-state index contributed by atoms with van der Waals surface area (Å²) < 4.78 is 11.3. The van der Waals surface area contributed by atoms with Crippen LogP contribution >= 0.6 is 0 Å². The Balaban J connectivity index is 2.03. The molecule has 1 aromatic rings. The van der Waals surface area contributed by atoms with Gasteiger partial charge in [0.25, 0.3) is 0 Å². The van der Waals surface area contributed by atoms with E-state index in [1.165, 1.54) is 12.8 Å². The zero-order chi connectivity index (χ0) is 15.1. The summed E-state index contributed by atoms with van der Waals surface area (Å²) in [6.07, 6.45) is 6.69. The molecule has 1 saturated carbocycles. The number of rotatable bonds is 9. The molecule has 1 aromatic heterocycles. The molecule has 1 aliphatic rings. The van der Waals surface area contributed by atoms with Crippen LogP contribution in [0.2, 0.25) is 0 Å². The van der Waals surface area contributed by atoms with E-state index in [1.807, 2.05) is 6.92 Å². The summed E-state index contributed by atoms with van der Waals surface area (Å²) in [7, 11) is 0. The van der Waals surface area contributed by atoms with Crippen LogP contribution in [0.4, 0.5) is 0 Å². The number of nitrogens with one attached hydrogen (secondary N) is 1. The molecule has 0 aliphatic heterocycles. The summed E-state index contributed by atoms with van der Waals surface area (Å²) >= 11 is 0. The molecule has 120 valence electrons. The van der Waals surface area contributed by atoms with Crippen molar-refractivity contribution in [3.8, 4) is 0 Å². The van der Waals surface area contributed by atoms with Crippen molar-refractivity contribution in [1.29, 1.82) is 0 Å². The SMILES string of the molecule is CCCNC1CCCC1c1nc(C(CCC)OCC)no1. The van der Waals surface area contributed by atoms with Gasteiger partial charge in [-0.2, -0.15) is 4.98 Å². The minimum atomic E-state index is -0.0269. The Kier molecular flexibility index (Phi) is 6.64. The predicted octanol–water partition coefficient (Wildman–Crippen LogP) is 3.58. The molecule has 3 atom stereocenters. The molecule has 0 amide bonds. The summed E-state index contributed by atoms with van der Waals surface area (Å²) in [6.45, 7) is 8.08. The molecule has 1 aliphatic carbocycles. The highest BCUT2D eigenvalue weighted by molar-refractivity contribution is 5.04. The highest BCUT2D eigenvalue weighted by Gasteiger charge is 2.33. The zero-order valence-electron chi connectivity index (χ0n) is 13.6. The van der Waals surface area contributed by atoms with E-state index in [0.29, 0.717) is 18.6 Å². The molecular weight excluding hydrogens is 266 g/mol. The van der Waals surface area contributed by atoms with Gasteiger partial charge in [-0.25, -0.2) is 0 Å². The van der Waals surface area contributed by atoms with Gasteiger partial charge in [0.1, 0.15) is 6.10 Å². The van der Waals surface area contributed by atoms with Crippen LogP contribution in [0.1, 0.15) is 83.0 Å². The largest absolute Gasteiger partial charge is 0.370 e. The van der Waals surface area contributed by atoms with E-state index >= 15 is 0 Å². The van der Waals surface area contributed by atoms with E-state index < -0.39 is 0 Å². The van der Waals surface area contributed by atoms with E-state index in [4.69, 9.17) is 9.26 Å². The average molecular weight is 295 g/mol. The summed E-state index contributed by atoms with van der Waals surface area (Å²) in [5.41, 5.74) is 0. The molecule has 0 radical (unpaired) electrons. The van der Waals surface area contributed by atoms with Gasteiger partial charge in [0.05, 0.1) is 5.92 Å². The highest BCUT2D eigenvalue weighted by atomic mass is 16.5. The molecule has 21 heavy (non-hydrogen) atoms. The number of hydrogen-bond acceptors (Lipinski definition) is 5. The van der Waals surface area contributed by atoms with E-state index in [-0.39, 0.29) is 6.10 Å². The fraction of sp³-hybridized carbons (Fsp3) is 0.875. The van der Waals surface area contributed by atoms with E-state index in [9.17, 15) is 0 Å². The van der Waals surface area contributed by atoms with Crippen LogP contribution in [0.3, 0.4) is 0 Å². The molecule has 5 nitrogen and oxygen atoms in total. The molecule has 0 saturated heterocycles. The standard InChI is InChI=1S/C16H29N3O2/c1-4-8-14(20-6-3)15-18-16(21-19-15)12-9-7-10-13(12)17-11-5-2/h12-14,17H,4-11H2,1-3H3. The first-order valence-corrected chi connectivity index (χ1v) is 8.48. The van der Waals surface area contributed by atoms with Gasteiger partial charge in [0, 0.05) is 12.6 Å². The highest BCUT2D eigenvalue weighted by Crippen LogP contribution is 2.34. The number of hydrogen-bond donors (Lipinski definition) is 1. The summed E-state index contributed by atoms with van der Waals surface area (Å²) in [5.74, 6) is 1.87. The molecule has 5 heteroatoms. The Morgan fingerprint density at radius 1 is 1.29 bits per heavy atom. The van der Waals surface area contributed by atoms with Crippen LogP contribution in [0, 0.1) is 0 Å². The van der Waals surface area contributed by atoms with Crippen LogP contribution in [-0.4, -0.2) is 29.3 Å². The van der Waals surface area contributed by atoms with E-state index in [1.54, 1.807) is 0 Å². The number of ether oxygens (including phenoxy) is 1. The van der Waals surface area contributed by atoms with Crippen molar-refractivity contribution >= 4 is 0 Å². The quantitative estimate of drug-likeness (QED) is 0.754. The van der Waals surface area contributed by atoms with Crippen LogP contribution in [0.15, 0.2) is 4.52 Å². The molecule has 0 spiro atoms. The lowest BCUT2D eigenvalue weighted by Gasteiger charge is -2.17. The molecule has 0 bridgehead atoms. The minimum Gasteiger partial charge on any atom is -0.370 e. The minimum absolute atomic E-state index is 0.0269. The molecule has 0 aromatic carbocycles. The second-order valence-corrected chi connectivity index (χ2v) is 5.82. The number of aromatic nitrogens is 2. The Labute approximate surface area is 127 Å². The summed E-state index contributed by atoms with van der Waals surface area (Å²) in [6, 6.07) is 0.481. The Morgan fingerprint density at radius 2 is 2.14 bits per heavy atom. The number of nitrogens with zero attached hydrogens (tertiary/aromatic N) is 2. The fourth-order valence-corrected chi connectivity index (χ4v) is 3.11. The van der Waals surface area contributed by atoms with Crippen LogP contribution in [0.25, 0.3) is 0 Å². The van der Waals surface area contributed by atoms with Crippen LogP contribution in [-0.2, 0) is 4.74 Å². The van der Waals surface area contributed by atoms with Crippen molar-refractivity contribution in [2.24, 2.45) is 0 Å². The normalized spacial score (nSPS) is 23.6. The molecular formula is C16H29N3O2. The van der Waals surface area contributed by atoms with Gasteiger partial charge in [-0.15, -0.1) is 0 Å². The van der Waals surface area contributed by atoms with Crippen molar-refractivity contribution < 1.29 is 9.26 Å². The first-order chi connectivity index (χ1) is 10.3. The van der Waals surface area contributed by atoms with Gasteiger partial charge in [0.2, 0.25) is 11.7 Å². The molecule has 2 rings (SSSR count). The summed E-state index contributed by atoms with van der Waals surface area (Å²) in [4.78, 5) is 4.65. The molecule has 1 heterocycles. The third-order valence-corrected chi connectivity index (χ3v) is 4.15. The topological polar surface area (TPSA) is 60.2 Å². The van der Waals surface area contributed by atoms with Crippen molar-refractivity contribution in [3.63, 3.8) is 0 Å². The van der Waals surface area contributed by atoms with Crippen molar-refractivity contribution in [1.82, 2.24) is 15.5 Å². The second-order valence-electron chi connectivity index (χ2n) is 5.82. The first-order valence-electron chi connectivity index (χ1n) is 8.48. The van der Waals surface area contributed by atoms with Gasteiger partial charge in [0.15, 0.2) is 0 Å². The molecule has 1 fully saturated rings. The smallest absolute Gasteiger partial charge is 0.231 e. The lowest BCUT2D eigenvalue weighted by molar-refractivity contribution is 0.0477. The maximum atomic E-state index is 5.74. The van der Waals surface area contributed by atoms with Gasteiger partial charge >= 0.3 is 0 Å². The Morgan fingerprint density at radius 3 is 2.86 bits per heavy atom. The zero-order valence-corrected chi connectivity index (χ0v) is 13.6. The Bertz CT molecular complexity index is 402. The lowest BCUT2D eigenvalue weighted by atomic mass is 10.0. The van der Waals surface area contributed by atoms with Crippen molar-refractivity contribution in [2.45, 2.75) is 77.4 Å². The third kappa shape index (κ3) is 4.27. The van der Waals surface area contributed by atoms with Crippen molar-refractivity contribution in [2.75, 3.05) is 13.2 Å². The van der Waals surface area contributed by atoms with Crippen LogP contribution in [0.5, 0.6) is 0 Å². The van der Waals surface area contributed by atoms with Gasteiger partial charge in [-0.1, -0.05) is 31.8 Å². The van der Waals surface area contributed by atoms with Crippen LogP contribution < -0.4 is 5.32 Å². The monoisotopic (exact) mass is 295 g/mol. The molecule has 3 unspecified atom stereocenters. The molecule has 1 N–H and O–H groups in total. The maximum Gasteiger partial charge on any atom is 0.231 e.